The second-order valence-corrected chi connectivity index (χ2v) is 5.57. The molecule has 126 valence electrons. The Morgan fingerprint density at radius 3 is 2.68 bits per heavy atom. The minimum Gasteiger partial charge on any atom is -0.289 e. The molecule has 0 spiro atoms. The van der Waals surface area contributed by atoms with Crippen molar-refractivity contribution in [3.8, 4) is 5.69 Å². The normalized spacial score (nSPS) is 12.4. The van der Waals surface area contributed by atoms with Crippen molar-refractivity contribution >= 4 is 11.9 Å². The Kier molecular flexibility index (Phi) is 3.52. The molecular weight excluding hydrogens is 333 g/mol. The standard InChI is InChI=1S/C17H11F3N4O/c18-11-7-6-10(14(19)15(11)20)16(25)22-17-21-13-8-5-9-3-1-2-4-12(9)24(13)23-17/h1-4,6-7H,5,8H2,(H,22,23,25). The van der Waals surface area contributed by atoms with E-state index in [1.54, 1.807) is 4.68 Å². The van der Waals surface area contributed by atoms with E-state index in [9.17, 15) is 18.0 Å². The molecule has 2 aromatic carbocycles. The van der Waals surface area contributed by atoms with Crippen molar-refractivity contribution in [3.63, 3.8) is 0 Å². The number of para-hydroxylation sites is 1. The molecule has 1 amide bonds. The van der Waals surface area contributed by atoms with Crippen molar-refractivity contribution < 1.29 is 18.0 Å². The van der Waals surface area contributed by atoms with Gasteiger partial charge in [0.2, 0.25) is 5.95 Å². The number of amides is 1. The number of carbonyl (C=O) groups excluding carboxylic acids is 1. The van der Waals surface area contributed by atoms with Crippen molar-refractivity contribution in [1.82, 2.24) is 14.8 Å². The largest absolute Gasteiger partial charge is 0.289 e. The zero-order valence-electron chi connectivity index (χ0n) is 12.8. The zero-order valence-corrected chi connectivity index (χ0v) is 12.8. The number of nitrogens with zero attached hydrogens (tertiary/aromatic N) is 3. The maximum Gasteiger partial charge on any atom is 0.261 e. The minimum atomic E-state index is -1.70. The molecule has 0 bridgehead atoms. The lowest BCUT2D eigenvalue weighted by Crippen LogP contribution is -2.16. The highest BCUT2D eigenvalue weighted by atomic mass is 19.2. The van der Waals surface area contributed by atoms with Crippen LogP contribution in [0, 0.1) is 17.5 Å². The number of anilines is 1. The van der Waals surface area contributed by atoms with Crippen molar-refractivity contribution in [2.45, 2.75) is 12.8 Å². The van der Waals surface area contributed by atoms with E-state index in [1.165, 1.54) is 0 Å². The van der Waals surface area contributed by atoms with Crippen LogP contribution in [0.25, 0.3) is 5.69 Å². The predicted octanol–water partition coefficient (Wildman–Crippen LogP) is 3.04. The molecule has 0 radical (unpaired) electrons. The number of aryl methyl sites for hydroxylation is 2. The molecule has 5 nitrogen and oxygen atoms in total. The van der Waals surface area contributed by atoms with Crippen LogP contribution in [0.3, 0.4) is 0 Å². The summed E-state index contributed by atoms with van der Waals surface area (Å²) in [5.41, 5.74) is 1.34. The van der Waals surface area contributed by atoms with Crippen molar-refractivity contribution in [2.75, 3.05) is 5.32 Å². The number of hydrogen-bond donors (Lipinski definition) is 1. The van der Waals surface area contributed by atoms with E-state index in [2.05, 4.69) is 15.4 Å². The molecule has 0 saturated heterocycles. The smallest absolute Gasteiger partial charge is 0.261 e. The van der Waals surface area contributed by atoms with E-state index >= 15 is 0 Å². The van der Waals surface area contributed by atoms with Gasteiger partial charge >= 0.3 is 0 Å². The number of nitrogens with one attached hydrogen (secondary N) is 1. The Balaban J connectivity index is 1.64. The van der Waals surface area contributed by atoms with Gasteiger partial charge in [-0.1, -0.05) is 18.2 Å². The molecule has 0 saturated carbocycles. The minimum absolute atomic E-state index is 0.0270. The van der Waals surface area contributed by atoms with E-state index in [0.717, 1.165) is 23.7 Å². The summed E-state index contributed by atoms with van der Waals surface area (Å²) in [6.45, 7) is 0. The molecule has 2 heterocycles. The lowest BCUT2D eigenvalue weighted by Gasteiger charge is -2.15. The number of carbonyl (C=O) groups is 1. The molecule has 8 heteroatoms. The number of rotatable bonds is 2. The van der Waals surface area contributed by atoms with Gasteiger partial charge < -0.3 is 0 Å². The zero-order chi connectivity index (χ0) is 17.6. The van der Waals surface area contributed by atoms with Crippen molar-refractivity contribution in [1.29, 1.82) is 0 Å². The number of aromatic nitrogens is 3. The summed E-state index contributed by atoms with van der Waals surface area (Å²) < 4.78 is 41.6. The van der Waals surface area contributed by atoms with Gasteiger partial charge in [0.05, 0.1) is 11.3 Å². The number of hydrogen-bond acceptors (Lipinski definition) is 3. The second-order valence-electron chi connectivity index (χ2n) is 5.57. The monoisotopic (exact) mass is 344 g/mol. The second kappa shape index (κ2) is 5.73. The molecule has 1 aliphatic heterocycles. The average molecular weight is 344 g/mol. The fourth-order valence-corrected chi connectivity index (χ4v) is 2.80. The third-order valence-corrected chi connectivity index (χ3v) is 4.02. The van der Waals surface area contributed by atoms with Crippen LogP contribution in [-0.2, 0) is 12.8 Å². The molecule has 0 fully saturated rings. The summed E-state index contributed by atoms with van der Waals surface area (Å²) in [7, 11) is 0. The van der Waals surface area contributed by atoms with E-state index in [4.69, 9.17) is 0 Å². The van der Waals surface area contributed by atoms with Crippen LogP contribution in [0.1, 0.15) is 21.7 Å². The first kappa shape index (κ1) is 15.4. The first-order valence-corrected chi connectivity index (χ1v) is 7.53. The van der Waals surface area contributed by atoms with Crippen molar-refractivity contribution in [2.24, 2.45) is 0 Å². The molecule has 25 heavy (non-hydrogen) atoms. The van der Waals surface area contributed by atoms with E-state index in [1.807, 2.05) is 24.3 Å². The topological polar surface area (TPSA) is 59.8 Å². The summed E-state index contributed by atoms with van der Waals surface area (Å²) >= 11 is 0. The first-order valence-electron chi connectivity index (χ1n) is 7.53. The molecule has 0 atom stereocenters. The first-order chi connectivity index (χ1) is 12.0. The summed E-state index contributed by atoms with van der Waals surface area (Å²) in [6, 6.07) is 9.21. The number of benzene rings is 2. The molecule has 0 aliphatic carbocycles. The van der Waals surface area contributed by atoms with Crippen molar-refractivity contribution in [3.05, 3.63) is 70.8 Å². The van der Waals surface area contributed by atoms with Gasteiger partial charge in [-0.3, -0.25) is 10.1 Å². The van der Waals surface area contributed by atoms with E-state index in [-0.39, 0.29) is 5.95 Å². The Hall–Kier alpha value is -3.16. The molecule has 0 unspecified atom stereocenters. The van der Waals surface area contributed by atoms with Gasteiger partial charge in [0, 0.05) is 6.42 Å². The summed E-state index contributed by atoms with van der Waals surface area (Å²) in [4.78, 5) is 16.3. The van der Waals surface area contributed by atoms with E-state index in [0.29, 0.717) is 18.3 Å². The molecule has 4 rings (SSSR count). The fourth-order valence-electron chi connectivity index (χ4n) is 2.80. The van der Waals surface area contributed by atoms with E-state index < -0.39 is 28.9 Å². The van der Waals surface area contributed by atoms with Gasteiger partial charge in [0.1, 0.15) is 5.82 Å². The Labute approximate surface area is 140 Å². The molecule has 3 aromatic rings. The third-order valence-electron chi connectivity index (χ3n) is 4.02. The summed E-state index contributed by atoms with van der Waals surface area (Å²) in [6.07, 6.45) is 1.43. The van der Waals surface area contributed by atoms with Gasteiger partial charge in [0.15, 0.2) is 17.5 Å². The van der Waals surface area contributed by atoms with Gasteiger partial charge in [-0.15, -0.1) is 5.10 Å². The lowest BCUT2D eigenvalue weighted by molar-refractivity contribution is 0.102. The molecular formula is C17H11F3N4O. The van der Waals surface area contributed by atoms with Gasteiger partial charge in [-0.2, -0.15) is 4.98 Å². The number of fused-ring (bicyclic) bond motifs is 3. The third kappa shape index (κ3) is 2.55. The molecule has 1 aliphatic rings. The maximum absolute atomic E-state index is 13.7. The van der Waals surface area contributed by atoms with Crippen LogP contribution in [0.15, 0.2) is 36.4 Å². The Bertz CT molecular complexity index is 1000. The summed E-state index contributed by atoms with van der Waals surface area (Å²) in [5, 5.41) is 6.53. The number of halogens is 3. The van der Waals surface area contributed by atoms with Gasteiger partial charge in [-0.25, -0.2) is 17.9 Å². The van der Waals surface area contributed by atoms with Crippen LogP contribution in [0.5, 0.6) is 0 Å². The van der Waals surface area contributed by atoms with Crippen LogP contribution >= 0.6 is 0 Å². The van der Waals surface area contributed by atoms with Crippen LogP contribution in [0.2, 0.25) is 0 Å². The SMILES string of the molecule is O=C(Nc1nc2n(n1)-c1ccccc1CC2)c1ccc(F)c(F)c1F. The van der Waals surface area contributed by atoms with Crippen LogP contribution in [0.4, 0.5) is 19.1 Å². The predicted molar refractivity (Wildman–Crippen MR) is 83.0 cm³/mol. The van der Waals surface area contributed by atoms with Gasteiger partial charge in [-0.05, 0) is 30.2 Å². The van der Waals surface area contributed by atoms with Crippen LogP contribution < -0.4 is 5.32 Å². The van der Waals surface area contributed by atoms with Gasteiger partial charge in [0.25, 0.3) is 5.91 Å². The Morgan fingerprint density at radius 1 is 1.04 bits per heavy atom. The lowest BCUT2D eigenvalue weighted by atomic mass is 10.0. The highest BCUT2D eigenvalue weighted by Gasteiger charge is 2.23. The molecule has 1 N–H and O–H groups in total. The Morgan fingerprint density at radius 2 is 1.84 bits per heavy atom. The highest BCUT2D eigenvalue weighted by molar-refractivity contribution is 6.03. The van der Waals surface area contributed by atoms with Crippen LogP contribution in [-0.4, -0.2) is 20.7 Å². The average Bonchev–Trinajstić information content (AvgIpc) is 3.02. The fraction of sp³-hybridized carbons (Fsp3) is 0.118. The highest BCUT2D eigenvalue weighted by Crippen LogP contribution is 2.24. The molecule has 1 aromatic heterocycles. The summed E-state index contributed by atoms with van der Waals surface area (Å²) in [5.74, 6) is -4.93. The quantitative estimate of drug-likeness (QED) is 0.727. The maximum atomic E-state index is 13.7.